The molecule has 3 amide bonds. The van der Waals surface area contributed by atoms with Crippen molar-refractivity contribution in [2.24, 2.45) is 4.99 Å². The van der Waals surface area contributed by atoms with Crippen molar-refractivity contribution in [2.45, 2.75) is 18.6 Å². The van der Waals surface area contributed by atoms with Crippen molar-refractivity contribution >= 4 is 17.8 Å². The smallest absolute Gasteiger partial charge is 0.325 e. The maximum Gasteiger partial charge on any atom is 0.325 e. The zero-order valence-electron chi connectivity index (χ0n) is 15.5. The van der Waals surface area contributed by atoms with Gasteiger partial charge in [-0.1, -0.05) is 30.3 Å². The molecular weight excluding hydrogens is 346 g/mol. The number of aliphatic imine (C=N–C) groups is 1. The van der Waals surface area contributed by atoms with Gasteiger partial charge >= 0.3 is 6.03 Å². The van der Waals surface area contributed by atoms with E-state index in [1.54, 1.807) is 7.05 Å². The van der Waals surface area contributed by atoms with Crippen molar-refractivity contribution in [2.75, 3.05) is 46.4 Å². The number of imide groups is 1. The van der Waals surface area contributed by atoms with Gasteiger partial charge in [0.05, 0.1) is 19.8 Å². The number of hydrogen-bond donors (Lipinski definition) is 1. The zero-order valence-corrected chi connectivity index (χ0v) is 15.5. The van der Waals surface area contributed by atoms with Crippen LogP contribution in [0, 0.1) is 0 Å². The van der Waals surface area contributed by atoms with E-state index in [-0.39, 0.29) is 11.9 Å². The van der Waals surface area contributed by atoms with Crippen LogP contribution in [-0.4, -0.2) is 91.1 Å². The second kappa shape index (κ2) is 7.66. The van der Waals surface area contributed by atoms with Gasteiger partial charge in [0.15, 0.2) is 12.2 Å². The summed E-state index contributed by atoms with van der Waals surface area (Å²) in [7, 11) is 1.69. The van der Waals surface area contributed by atoms with Gasteiger partial charge in [0.1, 0.15) is 5.84 Å². The van der Waals surface area contributed by atoms with Gasteiger partial charge in [0.2, 0.25) is 0 Å². The lowest BCUT2D eigenvalue weighted by Gasteiger charge is -2.37. The third kappa shape index (κ3) is 3.68. The van der Waals surface area contributed by atoms with Crippen molar-refractivity contribution in [3.63, 3.8) is 0 Å². The average Bonchev–Trinajstić information content (AvgIpc) is 3.05. The number of ether oxygens (including phenoxy) is 1. The first kappa shape index (κ1) is 17.9. The highest BCUT2D eigenvalue weighted by Gasteiger charge is 2.48. The van der Waals surface area contributed by atoms with E-state index in [0.29, 0.717) is 26.3 Å². The third-order valence-corrected chi connectivity index (χ3v) is 5.40. The van der Waals surface area contributed by atoms with Gasteiger partial charge in [-0.3, -0.25) is 15.0 Å². The SMILES string of the molecule is CN1C(=O)NC(=O)C2C1N=C(CN1CCOCC1)N2CCc1ccccc1. The molecule has 8 heteroatoms. The topological polar surface area (TPSA) is 77.5 Å². The Morgan fingerprint density at radius 2 is 1.93 bits per heavy atom. The number of carbonyl (C=O) groups excluding carboxylic acids is 2. The summed E-state index contributed by atoms with van der Waals surface area (Å²) in [5, 5.41) is 2.45. The number of carbonyl (C=O) groups is 2. The molecule has 3 aliphatic rings. The van der Waals surface area contributed by atoms with Gasteiger partial charge in [-0.15, -0.1) is 0 Å². The van der Waals surface area contributed by atoms with E-state index < -0.39 is 12.2 Å². The van der Waals surface area contributed by atoms with Crippen molar-refractivity contribution in [1.82, 2.24) is 20.0 Å². The number of amidine groups is 1. The van der Waals surface area contributed by atoms with Crippen molar-refractivity contribution in [1.29, 1.82) is 0 Å². The molecule has 1 aromatic rings. The number of urea groups is 1. The Morgan fingerprint density at radius 1 is 1.19 bits per heavy atom. The summed E-state index contributed by atoms with van der Waals surface area (Å²) in [6, 6.07) is 9.35. The van der Waals surface area contributed by atoms with Crippen LogP contribution >= 0.6 is 0 Å². The minimum absolute atomic E-state index is 0.267. The molecule has 0 aliphatic carbocycles. The fraction of sp³-hybridized carbons (Fsp3) is 0.526. The predicted octanol–water partition coefficient (Wildman–Crippen LogP) is 0.152. The highest BCUT2D eigenvalue weighted by molar-refractivity contribution is 6.04. The largest absolute Gasteiger partial charge is 0.379 e. The minimum Gasteiger partial charge on any atom is -0.379 e. The molecule has 0 radical (unpaired) electrons. The zero-order chi connectivity index (χ0) is 18.8. The van der Waals surface area contributed by atoms with E-state index in [4.69, 9.17) is 9.73 Å². The number of nitrogens with zero attached hydrogens (tertiary/aromatic N) is 4. The van der Waals surface area contributed by atoms with E-state index in [9.17, 15) is 9.59 Å². The van der Waals surface area contributed by atoms with Gasteiger partial charge in [0, 0.05) is 26.7 Å². The van der Waals surface area contributed by atoms with Gasteiger partial charge in [-0.05, 0) is 12.0 Å². The Labute approximate surface area is 158 Å². The normalized spacial score (nSPS) is 26.0. The molecule has 0 saturated carbocycles. The summed E-state index contributed by atoms with van der Waals surface area (Å²) < 4.78 is 5.43. The highest BCUT2D eigenvalue weighted by atomic mass is 16.5. The Morgan fingerprint density at radius 3 is 2.67 bits per heavy atom. The van der Waals surface area contributed by atoms with Crippen molar-refractivity contribution < 1.29 is 14.3 Å². The number of nitrogens with one attached hydrogen (secondary N) is 1. The molecule has 2 saturated heterocycles. The summed E-state index contributed by atoms with van der Waals surface area (Å²) >= 11 is 0. The van der Waals surface area contributed by atoms with Gasteiger partial charge in [-0.25, -0.2) is 9.79 Å². The quantitative estimate of drug-likeness (QED) is 0.797. The van der Waals surface area contributed by atoms with Crippen LogP contribution < -0.4 is 5.32 Å². The molecule has 4 rings (SSSR count). The molecule has 3 heterocycles. The summed E-state index contributed by atoms with van der Waals surface area (Å²) in [5.74, 6) is 0.608. The average molecular weight is 371 g/mol. The lowest BCUT2D eigenvalue weighted by molar-refractivity contribution is -0.127. The maximum absolute atomic E-state index is 12.6. The Bertz CT molecular complexity index is 732. The first-order valence-electron chi connectivity index (χ1n) is 9.38. The lowest BCUT2D eigenvalue weighted by Crippen LogP contribution is -2.64. The molecule has 144 valence electrons. The number of benzene rings is 1. The maximum atomic E-state index is 12.6. The summed E-state index contributed by atoms with van der Waals surface area (Å²) in [5.41, 5.74) is 1.22. The molecule has 0 spiro atoms. The highest BCUT2D eigenvalue weighted by Crippen LogP contribution is 2.25. The second-order valence-electron chi connectivity index (χ2n) is 7.13. The number of morpholine rings is 1. The number of rotatable bonds is 5. The molecular formula is C19H25N5O3. The molecule has 1 aromatic carbocycles. The summed E-state index contributed by atoms with van der Waals surface area (Å²) in [6.07, 6.45) is 0.356. The third-order valence-electron chi connectivity index (χ3n) is 5.40. The molecule has 2 fully saturated rings. The predicted molar refractivity (Wildman–Crippen MR) is 100 cm³/mol. The van der Waals surface area contributed by atoms with E-state index >= 15 is 0 Å². The number of amides is 3. The molecule has 27 heavy (non-hydrogen) atoms. The van der Waals surface area contributed by atoms with E-state index in [1.165, 1.54) is 10.5 Å². The Balaban J connectivity index is 1.54. The molecule has 3 aliphatic heterocycles. The minimum atomic E-state index is -0.465. The van der Waals surface area contributed by atoms with Crippen LogP contribution in [0.2, 0.25) is 0 Å². The molecule has 0 aromatic heterocycles. The molecule has 8 nitrogen and oxygen atoms in total. The fourth-order valence-electron chi connectivity index (χ4n) is 3.84. The lowest BCUT2D eigenvalue weighted by atomic mass is 10.1. The first-order valence-corrected chi connectivity index (χ1v) is 9.38. The van der Waals surface area contributed by atoms with E-state index in [2.05, 4.69) is 27.2 Å². The van der Waals surface area contributed by atoms with Crippen LogP contribution in [0.5, 0.6) is 0 Å². The Kier molecular flexibility index (Phi) is 5.09. The van der Waals surface area contributed by atoms with Gasteiger partial charge < -0.3 is 14.5 Å². The standard InChI is InChI=1S/C19H25N5O3/c1-22-17-16(18(25)21-19(22)26)24(8-7-14-5-3-2-4-6-14)15(20-17)13-23-9-11-27-12-10-23/h2-6,16-17H,7-13H2,1H3,(H,21,25,26). The van der Waals surface area contributed by atoms with Crippen LogP contribution in [0.25, 0.3) is 0 Å². The molecule has 2 atom stereocenters. The fourth-order valence-corrected chi connectivity index (χ4v) is 3.84. The number of likely N-dealkylation sites (N-methyl/N-ethyl adjacent to an activating group) is 1. The van der Waals surface area contributed by atoms with Crippen LogP contribution in [0.3, 0.4) is 0 Å². The van der Waals surface area contributed by atoms with Crippen LogP contribution in [0.4, 0.5) is 4.79 Å². The van der Waals surface area contributed by atoms with Crippen LogP contribution in [0.1, 0.15) is 5.56 Å². The molecule has 2 unspecified atom stereocenters. The van der Waals surface area contributed by atoms with Crippen LogP contribution in [-0.2, 0) is 16.0 Å². The van der Waals surface area contributed by atoms with Crippen LogP contribution in [0.15, 0.2) is 35.3 Å². The van der Waals surface area contributed by atoms with Gasteiger partial charge in [0.25, 0.3) is 5.91 Å². The van der Waals surface area contributed by atoms with E-state index in [0.717, 1.165) is 25.3 Å². The second-order valence-corrected chi connectivity index (χ2v) is 7.13. The summed E-state index contributed by atoms with van der Waals surface area (Å²) in [4.78, 5) is 35.3. The Hall–Kier alpha value is -2.45. The molecule has 0 bridgehead atoms. The first-order chi connectivity index (χ1) is 13.1. The number of fused-ring (bicyclic) bond motifs is 1. The van der Waals surface area contributed by atoms with Crippen molar-refractivity contribution in [3.8, 4) is 0 Å². The number of hydrogen-bond acceptors (Lipinski definition) is 6. The van der Waals surface area contributed by atoms with E-state index in [1.807, 2.05) is 18.2 Å². The van der Waals surface area contributed by atoms with Gasteiger partial charge in [-0.2, -0.15) is 0 Å². The summed E-state index contributed by atoms with van der Waals surface area (Å²) in [6.45, 7) is 4.47. The van der Waals surface area contributed by atoms with Crippen molar-refractivity contribution in [3.05, 3.63) is 35.9 Å². The monoisotopic (exact) mass is 371 g/mol. The molecule has 1 N–H and O–H groups in total.